The van der Waals surface area contributed by atoms with Crippen LogP contribution in [0.25, 0.3) is 0 Å². The number of fused-ring (bicyclic) bond motifs is 1. The van der Waals surface area contributed by atoms with Crippen molar-refractivity contribution >= 4 is 17.2 Å². The molecule has 4 rings (SSSR count). The zero-order valence-corrected chi connectivity index (χ0v) is 14.8. The molecule has 0 bridgehead atoms. The lowest BCUT2D eigenvalue weighted by atomic mass is 9.95. The summed E-state index contributed by atoms with van der Waals surface area (Å²) in [6.07, 6.45) is 1.59. The van der Waals surface area contributed by atoms with E-state index in [9.17, 15) is 9.59 Å². The number of hydrogen-bond acceptors (Lipinski definition) is 6. The molecule has 2 aromatic heterocycles. The highest BCUT2D eigenvalue weighted by Crippen LogP contribution is 2.40. The Labute approximate surface area is 148 Å². The molecule has 0 aliphatic carbocycles. The topological polar surface area (TPSA) is 89.4 Å². The van der Waals surface area contributed by atoms with Crippen LogP contribution >= 0.6 is 11.3 Å². The van der Waals surface area contributed by atoms with Crippen molar-refractivity contribution in [3.05, 3.63) is 26.6 Å². The predicted molar refractivity (Wildman–Crippen MR) is 91.7 cm³/mol. The van der Waals surface area contributed by atoms with Crippen molar-refractivity contribution in [2.24, 2.45) is 0 Å². The van der Waals surface area contributed by atoms with E-state index in [1.54, 1.807) is 4.57 Å². The maximum Gasteiger partial charge on any atom is 0.343 e. The number of carbonyl (C=O) groups is 1. The van der Waals surface area contributed by atoms with E-state index in [0.717, 1.165) is 18.7 Å². The average molecular weight is 364 g/mol. The van der Waals surface area contributed by atoms with Gasteiger partial charge in [0.05, 0.1) is 0 Å². The van der Waals surface area contributed by atoms with E-state index in [1.807, 2.05) is 17.2 Å². The van der Waals surface area contributed by atoms with Crippen LogP contribution in [0.3, 0.4) is 0 Å². The van der Waals surface area contributed by atoms with Crippen LogP contribution in [0.5, 0.6) is 11.5 Å². The summed E-state index contributed by atoms with van der Waals surface area (Å²) >= 11 is 1.37. The monoisotopic (exact) mass is 364 g/mol. The highest BCUT2D eigenvalue weighted by Gasteiger charge is 2.31. The lowest BCUT2D eigenvalue weighted by molar-refractivity contribution is 0.0706. The Morgan fingerprint density at radius 3 is 2.88 bits per heavy atom. The first-order valence-corrected chi connectivity index (χ1v) is 9.38. The Morgan fingerprint density at radius 1 is 1.36 bits per heavy atom. The maximum atomic E-state index is 12.8. The molecule has 4 heterocycles. The summed E-state index contributed by atoms with van der Waals surface area (Å²) in [5.41, 5.74) is -0.168. The number of thiophene rings is 1. The van der Waals surface area contributed by atoms with Crippen molar-refractivity contribution in [3.63, 3.8) is 0 Å². The number of hydrogen-bond donors (Lipinski definition) is 1. The first-order chi connectivity index (χ1) is 12.2. The Bertz CT molecular complexity index is 832. The van der Waals surface area contributed by atoms with Gasteiger partial charge in [-0.2, -0.15) is 5.10 Å². The smallest absolute Gasteiger partial charge is 0.343 e. The van der Waals surface area contributed by atoms with Crippen molar-refractivity contribution in [1.82, 2.24) is 19.7 Å². The number of carbonyl (C=O) groups excluding carboxylic acids is 1. The number of nitrogens with zero attached hydrogens (tertiary/aromatic N) is 3. The summed E-state index contributed by atoms with van der Waals surface area (Å²) in [5.74, 6) is 2.23. The number of aromatic amines is 1. The van der Waals surface area contributed by atoms with E-state index in [-0.39, 0.29) is 17.5 Å². The van der Waals surface area contributed by atoms with Gasteiger partial charge in [0.1, 0.15) is 23.9 Å². The quantitative estimate of drug-likeness (QED) is 0.890. The van der Waals surface area contributed by atoms with Gasteiger partial charge >= 0.3 is 5.69 Å². The fourth-order valence-electron chi connectivity index (χ4n) is 3.44. The average Bonchev–Trinajstić information content (AvgIpc) is 3.24. The van der Waals surface area contributed by atoms with E-state index < -0.39 is 0 Å². The molecule has 9 heteroatoms. The van der Waals surface area contributed by atoms with Gasteiger partial charge < -0.3 is 14.4 Å². The molecule has 0 spiro atoms. The minimum Gasteiger partial charge on any atom is -0.485 e. The van der Waals surface area contributed by atoms with Gasteiger partial charge in [-0.1, -0.05) is 0 Å². The molecule has 0 atom stereocenters. The second-order valence-electron chi connectivity index (χ2n) is 6.15. The largest absolute Gasteiger partial charge is 0.485 e. The molecule has 2 aliphatic rings. The van der Waals surface area contributed by atoms with E-state index in [1.165, 1.54) is 11.3 Å². The first-order valence-electron chi connectivity index (χ1n) is 8.50. The van der Waals surface area contributed by atoms with Gasteiger partial charge in [0, 0.05) is 30.9 Å². The van der Waals surface area contributed by atoms with Gasteiger partial charge in [-0.3, -0.25) is 9.36 Å². The second kappa shape index (κ2) is 6.55. The van der Waals surface area contributed by atoms with Crippen molar-refractivity contribution in [2.75, 3.05) is 26.3 Å². The van der Waals surface area contributed by atoms with Gasteiger partial charge in [0.15, 0.2) is 11.5 Å². The molecule has 8 nitrogen and oxygen atoms in total. The van der Waals surface area contributed by atoms with Crippen LogP contribution in [0.15, 0.2) is 10.2 Å². The number of ether oxygens (including phenoxy) is 2. The van der Waals surface area contributed by atoms with Crippen molar-refractivity contribution in [3.8, 4) is 11.5 Å². The summed E-state index contributed by atoms with van der Waals surface area (Å²) in [4.78, 5) is 27.0. The van der Waals surface area contributed by atoms with Crippen LogP contribution in [-0.2, 0) is 6.54 Å². The van der Waals surface area contributed by atoms with Crippen LogP contribution in [-0.4, -0.2) is 51.9 Å². The lowest BCUT2D eigenvalue weighted by Gasteiger charge is -2.31. The third-order valence-electron chi connectivity index (χ3n) is 4.75. The Morgan fingerprint density at radius 2 is 2.12 bits per heavy atom. The van der Waals surface area contributed by atoms with Gasteiger partial charge in [-0.15, -0.1) is 11.3 Å². The van der Waals surface area contributed by atoms with E-state index in [0.29, 0.717) is 49.2 Å². The molecule has 134 valence electrons. The Hall–Kier alpha value is -2.29. The zero-order chi connectivity index (χ0) is 17.4. The second-order valence-corrected chi connectivity index (χ2v) is 7.03. The van der Waals surface area contributed by atoms with Gasteiger partial charge in [-0.25, -0.2) is 9.89 Å². The van der Waals surface area contributed by atoms with Gasteiger partial charge in [0.2, 0.25) is 0 Å². The van der Waals surface area contributed by atoms with Crippen molar-refractivity contribution in [1.29, 1.82) is 0 Å². The van der Waals surface area contributed by atoms with Gasteiger partial charge in [0.25, 0.3) is 5.91 Å². The van der Waals surface area contributed by atoms with Crippen molar-refractivity contribution in [2.45, 2.75) is 32.2 Å². The van der Waals surface area contributed by atoms with E-state index in [2.05, 4.69) is 10.2 Å². The first kappa shape index (κ1) is 16.2. The number of H-pyrrole nitrogens is 1. The fourth-order valence-corrected chi connectivity index (χ4v) is 4.34. The molecular weight excluding hydrogens is 344 g/mol. The third kappa shape index (κ3) is 2.82. The number of rotatable bonds is 3. The lowest BCUT2D eigenvalue weighted by Crippen LogP contribution is -2.38. The summed E-state index contributed by atoms with van der Waals surface area (Å²) in [6.45, 7) is 4.80. The molecule has 1 fully saturated rings. The zero-order valence-electron chi connectivity index (χ0n) is 14.0. The standard InChI is InChI=1S/C16H20N4O4S/c1-2-20-14(17-18-16(20)22)10-3-5-19(6-4-10)15(21)13-12-11(9-25-13)23-7-8-24-12/h9-10H,2-8H2,1H3,(H,18,22). The number of aromatic nitrogens is 3. The number of likely N-dealkylation sites (tertiary alicyclic amines) is 1. The minimum atomic E-state index is -0.168. The van der Waals surface area contributed by atoms with Crippen LogP contribution in [0, 0.1) is 0 Å². The van der Waals surface area contributed by atoms with Crippen LogP contribution in [0.1, 0.15) is 41.2 Å². The summed E-state index contributed by atoms with van der Waals surface area (Å²) in [7, 11) is 0. The number of piperidine rings is 1. The third-order valence-corrected chi connectivity index (χ3v) is 5.67. The number of amides is 1. The fraction of sp³-hybridized carbons (Fsp3) is 0.562. The Balaban J connectivity index is 1.46. The van der Waals surface area contributed by atoms with Crippen molar-refractivity contribution < 1.29 is 14.3 Å². The summed E-state index contributed by atoms with van der Waals surface area (Å²) in [6, 6.07) is 0. The summed E-state index contributed by atoms with van der Waals surface area (Å²) < 4.78 is 12.8. The minimum absolute atomic E-state index is 0.00916. The molecule has 0 radical (unpaired) electrons. The molecule has 0 aromatic carbocycles. The maximum absolute atomic E-state index is 12.8. The van der Waals surface area contributed by atoms with Crippen LogP contribution in [0.4, 0.5) is 0 Å². The molecule has 1 N–H and O–H groups in total. The predicted octanol–water partition coefficient (Wildman–Crippen LogP) is 1.44. The molecule has 0 saturated carbocycles. The van der Waals surface area contributed by atoms with Gasteiger partial charge in [-0.05, 0) is 19.8 Å². The molecular formula is C16H20N4O4S. The molecule has 1 saturated heterocycles. The number of nitrogens with one attached hydrogen (secondary N) is 1. The van der Waals surface area contributed by atoms with Crippen LogP contribution < -0.4 is 15.2 Å². The normalized spacial score (nSPS) is 17.7. The van der Waals surface area contributed by atoms with Crippen LogP contribution in [0.2, 0.25) is 0 Å². The SMILES string of the molecule is CCn1c(C2CCN(C(=O)c3scc4c3OCCO4)CC2)n[nH]c1=O. The highest BCUT2D eigenvalue weighted by molar-refractivity contribution is 7.12. The molecule has 25 heavy (non-hydrogen) atoms. The van der Waals surface area contributed by atoms with E-state index >= 15 is 0 Å². The summed E-state index contributed by atoms with van der Waals surface area (Å²) in [5, 5.41) is 8.53. The molecule has 2 aliphatic heterocycles. The Kier molecular flexibility index (Phi) is 4.24. The molecule has 1 amide bonds. The molecule has 0 unspecified atom stereocenters. The molecule has 2 aromatic rings. The van der Waals surface area contributed by atoms with E-state index in [4.69, 9.17) is 9.47 Å². The highest BCUT2D eigenvalue weighted by atomic mass is 32.1.